The van der Waals surface area contributed by atoms with Crippen molar-refractivity contribution in [1.82, 2.24) is 4.98 Å². The molecule has 4 nitrogen and oxygen atoms in total. The normalized spacial score (nSPS) is 11.7. The van der Waals surface area contributed by atoms with Crippen molar-refractivity contribution in [3.05, 3.63) is 23.4 Å². The Kier molecular flexibility index (Phi) is 2.98. The zero-order chi connectivity index (χ0) is 9.84. The highest BCUT2D eigenvalue weighted by Crippen LogP contribution is 2.21. The van der Waals surface area contributed by atoms with Gasteiger partial charge < -0.3 is 10.5 Å². The van der Waals surface area contributed by atoms with Gasteiger partial charge in [-0.3, -0.25) is 0 Å². The second-order valence-corrected chi connectivity index (χ2v) is 3.34. The molecule has 0 fully saturated rings. The number of nitriles is 1. The fourth-order valence-corrected chi connectivity index (χ4v) is 1.06. The van der Waals surface area contributed by atoms with Gasteiger partial charge in [0, 0.05) is 6.20 Å². The minimum atomic E-state index is -0.437. The molecule has 66 valence electrons. The number of hydrogen-bond acceptors (Lipinski definition) is 4. The van der Waals surface area contributed by atoms with E-state index >= 15 is 0 Å². The summed E-state index contributed by atoms with van der Waals surface area (Å²) in [6.07, 6.45) is 2.18. The van der Waals surface area contributed by atoms with Gasteiger partial charge in [0.15, 0.2) is 0 Å². The van der Waals surface area contributed by atoms with Crippen LogP contribution in [0.4, 0.5) is 5.82 Å². The molecule has 0 bridgehead atoms. The van der Waals surface area contributed by atoms with Crippen LogP contribution in [0.25, 0.3) is 0 Å². The smallest absolute Gasteiger partial charge is 0.141 e. The van der Waals surface area contributed by atoms with Gasteiger partial charge in [0.1, 0.15) is 18.2 Å². The first-order valence-electron chi connectivity index (χ1n) is 3.44. The van der Waals surface area contributed by atoms with Gasteiger partial charge in [0.05, 0.1) is 10.4 Å². The number of pyridine rings is 1. The van der Waals surface area contributed by atoms with Gasteiger partial charge in [0.2, 0.25) is 0 Å². The quantitative estimate of drug-likeness (QED) is 0.621. The molecule has 1 atom stereocenters. The maximum Gasteiger partial charge on any atom is 0.141 e. The number of aromatic nitrogens is 1. The summed E-state index contributed by atoms with van der Waals surface area (Å²) in [6.45, 7) is 0. The molecule has 0 radical (unpaired) electrons. The van der Waals surface area contributed by atoms with E-state index in [2.05, 4.69) is 20.9 Å². The number of carbonyl (C=O) groups excluding carboxylic acids is 1. The summed E-state index contributed by atoms with van der Waals surface area (Å²) < 4.78 is 0. The SMILES string of the molecule is N#Cc1cc(C(Br)C=O)cnc1N. The van der Waals surface area contributed by atoms with Crippen molar-refractivity contribution in [2.24, 2.45) is 0 Å². The van der Waals surface area contributed by atoms with Crippen LogP contribution < -0.4 is 5.73 Å². The highest BCUT2D eigenvalue weighted by Gasteiger charge is 2.08. The maximum atomic E-state index is 10.4. The van der Waals surface area contributed by atoms with E-state index in [0.717, 1.165) is 0 Å². The summed E-state index contributed by atoms with van der Waals surface area (Å²) in [5.74, 6) is 0.178. The van der Waals surface area contributed by atoms with Crippen LogP contribution in [0.3, 0.4) is 0 Å². The van der Waals surface area contributed by atoms with Crippen LogP contribution in [0, 0.1) is 11.3 Å². The van der Waals surface area contributed by atoms with E-state index in [1.54, 1.807) is 0 Å². The topological polar surface area (TPSA) is 79.8 Å². The molecule has 1 aromatic heterocycles. The predicted molar refractivity (Wildman–Crippen MR) is 51.1 cm³/mol. The first-order valence-corrected chi connectivity index (χ1v) is 4.35. The lowest BCUT2D eigenvalue weighted by molar-refractivity contribution is -0.107. The Balaban J connectivity index is 3.15. The van der Waals surface area contributed by atoms with Crippen molar-refractivity contribution >= 4 is 28.0 Å². The van der Waals surface area contributed by atoms with E-state index in [-0.39, 0.29) is 11.4 Å². The third-order valence-corrected chi connectivity index (χ3v) is 2.24. The Labute approximate surface area is 83.5 Å². The van der Waals surface area contributed by atoms with Crippen LogP contribution in [-0.2, 0) is 4.79 Å². The van der Waals surface area contributed by atoms with Crippen LogP contribution >= 0.6 is 15.9 Å². The molecule has 0 amide bonds. The zero-order valence-electron chi connectivity index (χ0n) is 6.57. The van der Waals surface area contributed by atoms with Crippen molar-refractivity contribution in [2.45, 2.75) is 4.83 Å². The Bertz CT molecular complexity index is 372. The van der Waals surface area contributed by atoms with Crippen LogP contribution in [0.1, 0.15) is 16.0 Å². The van der Waals surface area contributed by atoms with Gasteiger partial charge >= 0.3 is 0 Å². The van der Waals surface area contributed by atoms with Gasteiger partial charge in [0.25, 0.3) is 0 Å². The molecule has 0 aliphatic carbocycles. The molecule has 1 unspecified atom stereocenters. The molecule has 1 rings (SSSR count). The van der Waals surface area contributed by atoms with Crippen molar-refractivity contribution < 1.29 is 4.79 Å². The van der Waals surface area contributed by atoms with Crippen LogP contribution in [0.2, 0.25) is 0 Å². The lowest BCUT2D eigenvalue weighted by atomic mass is 10.1. The van der Waals surface area contributed by atoms with Crippen molar-refractivity contribution in [3.63, 3.8) is 0 Å². The summed E-state index contributed by atoms with van der Waals surface area (Å²) >= 11 is 3.11. The number of halogens is 1. The van der Waals surface area contributed by atoms with Crippen LogP contribution in [0.15, 0.2) is 12.3 Å². The van der Waals surface area contributed by atoms with E-state index in [4.69, 9.17) is 11.0 Å². The highest BCUT2D eigenvalue weighted by molar-refractivity contribution is 9.09. The number of aldehydes is 1. The number of hydrogen-bond donors (Lipinski definition) is 1. The molecule has 13 heavy (non-hydrogen) atoms. The summed E-state index contributed by atoms with van der Waals surface area (Å²) in [5, 5.41) is 8.62. The highest BCUT2D eigenvalue weighted by atomic mass is 79.9. The largest absolute Gasteiger partial charge is 0.383 e. The lowest BCUT2D eigenvalue weighted by Gasteiger charge is -2.02. The second-order valence-electron chi connectivity index (χ2n) is 2.35. The number of nitrogen functional groups attached to an aromatic ring is 1. The van der Waals surface area contributed by atoms with Gasteiger partial charge in [-0.25, -0.2) is 4.98 Å². The van der Waals surface area contributed by atoms with Crippen molar-refractivity contribution in [1.29, 1.82) is 5.26 Å². The van der Waals surface area contributed by atoms with E-state index in [1.165, 1.54) is 12.3 Å². The average Bonchev–Trinajstić information content (AvgIpc) is 2.17. The molecule has 1 heterocycles. The summed E-state index contributed by atoms with van der Waals surface area (Å²) in [7, 11) is 0. The molecule has 0 aliphatic heterocycles. The van der Waals surface area contributed by atoms with Crippen molar-refractivity contribution in [3.8, 4) is 6.07 Å². The zero-order valence-corrected chi connectivity index (χ0v) is 8.15. The van der Waals surface area contributed by atoms with Gasteiger partial charge in [-0.2, -0.15) is 5.26 Å². The minimum absolute atomic E-state index is 0.178. The first kappa shape index (κ1) is 9.68. The third-order valence-electron chi connectivity index (χ3n) is 1.50. The van der Waals surface area contributed by atoms with Gasteiger partial charge in [-0.15, -0.1) is 0 Å². The fourth-order valence-electron chi connectivity index (χ4n) is 0.810. The van der Waals surface area contributed by atoms with Gasteiger partial charge in [-0.05, 0) is 11.6 Å². The predicted octanol–water partition coefficient (Wildman–Crippen LogP) is 1.17. The molecule has 5 heteroatoms. The molecule has 0 aromatic carbocycles. The standard InChI is InChI=1S/C8H6BrN3O/c9-7(4-13)6-1-5(2-10)8(11)12-3-6/h1,3-4,7H,(H2,11,12). The van der Waals surface area contributed by atoms with E-state index in [1.807, 2.05) is 6.07 Å². The second kappa shape index (κ2) is 4.01. The summed E-state index contributed by atoms with van der Waals surface area (Å²) in [4.78, 5) is 13.7. The number of carbonyl (C=O) groups is 1. The van der Waals surface area contributed by atoms with Crippen LogP contribution in [-0.4, -0.2) is 11.3 Å². The number of rotatable bonds is 2. The average molecular weight is 240 g/mol. The Morgan fingerprint density at radius 1 is 1.77 bits per heavy atom. The molecule has 0 aliphatic rings. The molecule has 1 aromatic rings. The summed E-state index contributed by atoms with van der Waals surface area (Å²) in [6, 6.07) is 3.43. The number of anilines is 1. The van der Waals surface area contributed by atoms with E-state index in [0.29, 0.717) is 11.8 Å². The Hall–Kier alpha value is -1.41. The Morgan fingerprint density at radius 3 is 3.00 bits per heavy atom. The van der Waals surface area contributed by atoms with Crippen LogP contribution in [0.5, 0.6) is 0 Å². The maximum absolute atomic E-state index is 10.4. The third kappa shape index (κ3) is 2.04. The number of nitrogens with two attached hydrogens (primary N) is 1. The molecular formula is C8H6BrN3O. The summed E-state index contributed by atoms with van der Waals surface area (Å²) in [5.41, 5.74) is 6.31. The first-order chi connectivity index (χ1) is 6.19. The fraction of sp³-hybridized carbons (Fsp3) is 0.125. The molecule has 0 saturated heterocycles. The van der Waals surface area contributed by atoms with E-state index in [9.17, 15) is 4.79 Å². The molecular weight excluding hydrogens is 234 g/mol. The number of alkyl halides is 1. The monoisotopic (exact) mass is 239 g/mol. The lowest BCUT2D eigenvalue weighted by Crippen LogP contribution is -1.98. The molecule has 0 saturated carbocycles. The molecule has 2 N–H and O–H groups in total. The van der Waals surface area contributed by atoms with Gasteiger partial charge in [-0.1, -0.05) is 15.9 Å². The van der Waals surface area contributed by atoms with Crippen molar-refractivity contribution in [2.75, 3.05) is 5.73 Å². The number of nitrogens with zero attached hydrogens (tertiary/aromatic N) is 2. The minimum Gasteiger partial charge on any atom is -0.383 e. The Morgan fingerprint density at radius 2 is 2.46 bits per heavy atom. The molecule has 0 spiro atoms. The van der Waals surface area contributed by atoms with E-state index < -0.39 is 4.83 Å².